The molecule has 0 spiro atoms. The van der Waals surface area contributed by atoms with Crippen LogP contribution in [0.1, 0.15) is 10.7 Å². The molecular formula is C11H16ClN3O2S. The Labute approximate surface area is 115 Å². The zero-order valence-electron chi connectivity index (χ0n) is 10.6. The molecule has 0 aliphatic carbocycles. The molecule has 0 atom stereocenters. The van der Waals surface area contributed by atoms with Crippen LogP contribution in [0.25, 0.3) is 0 Å². The normalized spacial score (nSPS) is 10.2. The fraction of sp³-hybridized carbons (Fsp3) is 0.545. The predicted molar refractivity (Wildman–Crippen MR) is 71.7 cm³/mol. The van der Waals surface area contributed by atoms with Crippen LogP contribution in [-0.4, -0.2) is 54.3 Å². The van der Waals surface area contributed by atoms with Gasteiger partial charge in [0.25, 0.3) is 0 Å². The van der Waals surface area contributed by atoms with Crippen molar-refractivity contribution >= 4 is 34.8 Å². The lowest BCUT2D eigenvalue weighted by molar-refractivity contribution is -0.137. The zero-order chi connectivity index (χ0) is 13.7. The average molecular weight is 290 g/mol. The number of carbonyl (C=O) groups excluding carboxylic acids is 2. The summed E-state index contributed by atoms with van der Waals surface area (Å²) in [5.41, 5.74) is 0.775. The molecule has 0 fully saturated rings. The molecule has 0 radical (unpaired) electrons. The first-order valence-corrected chi connectivity index (χ1v) is 6.78. The molecule has 0 saturated heterocycles. The van der Waals surface area contributed by atoms with Crippen molar-refractivity contribution in [2.75, 3.05) is 27.7 Å². The average Bonchev–Trinajstić information content (AvgIpc) is 2.76. The van der Waals surface area contributed by atoms with Crippen LogP contribution < -0.4 is 0 Å². The van der Waals surface area contributed by atoms with Gasteiger partial charge in [0, 0.05) is 26.5 Å². The largest absolute Gasteiger partial charge is 0.347 e. The van der Waals surface area contributed by atoms with Gasteiger partial charge in [-0.3, -0.25) is 9.59 Å². The lowest BCUT2D eigenvalue weighted by Crippen LogP contribution is -2.38. The van der Waals surface area contributed by atoms with Gasteiger partial charge < -0.3 is 9.80 Å². The van der Waals surface area contributed by atoms with Crippen molar-refractivity contribution in [1.82, 2.24) is 14.8 Å². The summed E-state index contributed by atoms with van der Waals surface area (Å²) in [4.78, 5) is 30.4. The molecule has 1 rings (SSSR count). The number of carbonyl (C=O) groups is 2. The second-order valence-corrected chi connectivity index (χ2v) is 5.29. The topological polar surface area (TPSA) is 53.5 Å². The van der Waals surface area contributed by atoms with E-state index < -0.39 is 0 Å². The lowest BCUT2D eigenvalue weighted by Gasteiger charge is -2.18. The molecule has 0 unspecified atom stereocenters. The number of halogens is 1. The van der Waals surface area contributed by atoms with Crippen LogP contribution >= 0.6 is 22.9 Å². The molecule has 1 aromatic rings. The third kappa shape index (κ3) is 4.27. The summed E-state index contributed by atoms with van der Waals surface area (Å²) in [5.74, 6) is 0.117. The van der Waals surface area contributed by atoms with Crippen LogP contribution in [0.2, 0.25) is 0 Å². The van der Waals surface area contributed by atoms with Gasteiger partial charge in [0.05, 0.1) is 24.5 Å². The minimum atomic E-state index is -0.124. The van der Waals surface area contributed by atoms with Crippen molar-refractivity contribution in [3.05, 3.63) is 16.1 Å². The monoisotopic (exact) mass is 289 g/mol. The van der Waals surface area contributed by atoms with Crippen LogP contribution in [-0.2, 0) is 21.9 Å². The van der Waals surface area contributed by atoms with Crippen LogP contribution in [0.15, 0.2) is 5.38 Å². The van der Waals surface area contributed by atoms with Crippen LogP contribution in [0, 0.1) is 0 Å². The van der Waals surface area contributed by atoms with Gasteiger partial charge in [-0.2, -0.15) is 0 Å². The van der Waals surface area contributed by atoms with Crippen molar-refractivity contribution in [1.29, 1.82) is 0 Å². The van der Waals surface area contributed by atoms with Gasteiger partial charge in [-0.05, 0) is 0 Å². The Balaban J connectivity index is 2.52. The first kappa shape index (κ1) is 14.9. The summed E-state index contributed by atoms with van der Waals surface area (Å²) in [5, 5.41) is 2.56. The number of likely N-dealkylation sites (N-methyl/N-ethyl adjacent to an activating group) is 2. The van der Waals surface area contributed by atoms with Crippen molar-refractivity contribution in [3.8, 4) is 0 Å². The molecule has 7 heteroatoms. The smallest absolute Gasteiger partial charge is 0.241 e. The number of rotatable bonds is 5. The highest BCUT2D eigenvalue weighted by Gasteiger charge is 2.16. The van der Waals surface area contributed by atoms with E-state index in [-0.39, 0.29) is 24.8 Å². The Hall–Kier alpha value is -1.14. The van der Waals surface area contributed by atoms with Crippen LogP contribution in [0.5, 0.6) is 0 Å². The summed E-state index contributed by atoms with van der Waals surface area (Å²) in [6.07, 6.45) is 0.207. The number of alkyl halides is 1. The minimum absolute atomic E-state index is 0.0829. The standard InChI is InChI=1S/C11H16ClN3O2S/c1-14(2)11(17)6-15(3)10(16)4-9-13-8(5-12)7-18-9/h7H,4-6H2,1-3H3. The number of thiazole rings is 1. The summed E-state index contributed by atoms with van der Waals surface area (Å²) in [6.45, 7) is 0.0829. The highest BCUT2D eigenvalue weighted by atomic mass is 35.5. The number of amides is 2. The second kappa shape index (κ2) is 6.70. The zero-order valence-corrected chi connectivity index (χ0v) is 12.2. The predicted octanol–water partition coefficient (Wildman–Crippen LogP) is 0.971. The lowest BCUT2D eigenvalue weighted by atomic mass is 10.3. The molecule has 5 nitrogen and oxygen atoms in total. The van der Waals surface area contributed by atoms with Gasteiger partial charge in [-0.1, -0.05) is 0 Å². The molecule has 2 amide bonds. The third-order valence-corrected chi connectivity index (χ3v) is 3.51. The quantitative estimate of drug-likeness (QED) is 0.759. The first-order chi connectivity index (χ1) is 8.43. The molecule has 0 bridgehead atoms. The van der Waals surface area contributed by atoms with E-state index >= 15 is 0 Å². The van der Waals surface area contributed by atoms with Crippen LogP contribution in [0.4, 0.5) is 0 Å². The van der Waals surface area contributed by atoms with E-state index in [0.717, 1.165) is 10.7 Å². The van der Waals surface area contributed by atoms with Gasteiger partial charge in [0.2, 0.25) is 11.8 Å². The van der Waals surface area contributed by atoms with Crippen molar-refractivity contribution in [2.45, 2.75) is 12.3 Å². The van der Waals surface area contributed by atoms with E-state index in [1.807, 2.05) is 5.38 Å². The number of nitrogens with zero attached hydrogens (tertiary/aromatic N) is 3. The van der Waals surface area contributed by atoms with Gasteiger partial charge >= 0.3 is 0 Å². The second-order valence-electron chi connectivity index (χ2n) is 4.08. The van der Waals surface area contributed by atoms with Gasteiger partial charge in [-0.25, -0.2) is 4.98 Å². The molecule has 1 aromatic heterocycles. The fourth-order valence-electron chi connectivity index (χ4n) is 1.19. The molecule has 0 aliphatic heterocycles. The van der Waals surface area contributed by atoms with E-state index in [9.17, 15) is 9.59 Å². The molecule has 0 aromatic carbocycles. The number of hydrogen-bond donors (Lipinski definition) is 0. The Kier molecular flexibility index (Phi) is 5.55. The summed E-state index contributed by atoms with van der Waals surface area (Å²) >= 11 is 7.05. The third-order valence-electron chi connectivity index (χ3n) is 2.34. The Morgan fingerprint density at radius 3 is 2.50 bits per heavy atom. The van der Waals surface area contributed by atoms with E-state index in [2.05, 4.69) is 4.98 Å². The highest BCUT2D eigenvalue weighted by Crippen LogP contribution is 2.12. The molecule has 0 N–H and O–H groups in total. The molecule has 100 valence electrons. The van der Waals surface area contributed by atoms with Gasteiger partial charge in [0.1, 0.15) is 5.01 Å². The van der Waals surface area contributed by atoms with E-state index in [1.165, 1.54) is 21.1 Å². The van der Waals surface area contributed by atoms with E-state index in [4.69, 9.17) is 11.6 Å². The molecular weight excluding hydrogens is 274 g/mol. The Morgan fingerprint density at radius 1 is 1.33 bits per heavy atom. The minimum Gasteiger partial charge on any atom is -0.347 e. The highest BCUT2D eigenvalue weighted by molar-refractivity contribution is 7.09. The van der Waals surface area contributed by atoms with Crippen LogP contribution in [0.3, 0.4) is 0 Å². The SMILES string of the molecule is CN(C)C(=O)CN(C)C(=O)Cc1nc(CCl)cs1. The number of hydrogen-bond acceptors (Lipinski definition) is 4. The fourth-order valence-corrected chi connectivity index (χ4v) is 2.20. The maximum absolute atomic E-state index is 11.9. The van der Waals surface area contributed by atoms with E-state index in [0.29, 0.717) is 5.88 Å². The maximum Gasteiger partial charge on any atom is 0.241 e. The van der Waals surface area contributed by atoms with Gasteiger partial charge in [-0.15, -0.1) is 22.9 Å². The molecule has 1 heterocycles. The Bertz CT molecular complexity index is 434. The molecule has 18 heavy (non-hydrogen) atoms. The maximum atomic E-state index is 11.9. The Morgan fingerprint density at radius 2 is 2.00 bits per heavy atom. The van der Waals surface area contributed by atoms with E-state index in [1.54, 1.807) is 21.1 Å². The first-order valence-electron chi connectivity index (χ1n) is 5.37. The van der Waals surface area contributed by atoms with Gasteiger partial charge in [0.15, 0.2) is 0 Å². The number of aromatic nitrogens is 1. The summed E-state index contributed by atoms with van der Waals surface area (Å²) < 4.78 is 0. The van der Waals surface area contributed by atoms with Crippen molar-refractivity contribution in [3.63, 3.8) is 0 Å². The van der Waals surface area contributed by atoms with Crippen molar-refractivity contribution < 1.29 is 9.59 Å². The summed E-state index contributed by atoms with van der Waals surface area (Å²) in [7, 11) is 4.93. The molecule has 0 aliphatic rings. The molecule has 0 saturated carbocycles. The van der Waals surface area contributed by atoms with Crippen molar-refractivity contribution in [2.24, 2.45) is 0 Å². The summed E-state index contributed by atoms with van der Waals surface area (Å²) in [6, 6.07) is 0.